The van der Waals surface area contributed by atoms with Gasteiger partial charge in [0.05, 0.1) is 0 Å². The van der Waals surface area contributed by atoms with E-state index in [9.17, 15) is 9.59 Å². The lowest BCUT2D eigenvalue weighted by Crippen LogP contribution is -2.53. The molecule has 0 fully saturated rings. The van der Waals surface area contributed by atoms with E-state index in [4.69, 9.17) is 5.73 Å². The molecule has 5 nitrogen and oxygen atoms in total. The van der Waals surface area contributed by atoms with Gasteiger partial charge in [0.15, 0.2) is 0 Å². The smallest absolute Gasteiger partial charge is 0.312 e. The SMILES string of the molecule is CCC(C)C(NC(N)=O)C(=O)NC(C)Cc1cccs1. The number of nitrogens with two attached hydrogens (primary N) is 1. The largest absolute Gasteiger partial charge is 0.352 e. The molecule has 6 heteroatoms. The normalized spacial score (nSPS) is 15.2. The summed E-state index contributed by atoms with van der Waals surface area (Å²) in [5.41, 5.74) is 5.14. The molecule has 0 spiro atoms. The molecule has 1 aromatic rings. The molecule has 1 aromatic heterocycles. The van der Waals surface area contributed by atoms with Crippen LogP contribution >= 0.6 is 11.3 Å². The Balaban J connectivity index is 2.58. The van der Waals surface area contributed by atoms with Gasteiger partial charge in [-0.3, -0.25) is 4.79 Å². The predicted molar refractivity (Wildman–Crippen MR) is 81.6 cm³/mol. The topological polar surface area (TPSA) is 84.2 Å². The zero-order chi connectivity index (χ0) is 15.1. The molecule has 0 aromatic carbocycles. The average Bonchev–Trinajstić information content (AvgIpc) is 2.87. The molecule has 0 bridgehead atoms. The summed E-state index contributed by atoms with van der Waals surface area (Å²) in [6, 6.07) is 2.80. The van der Waals surface area contributed by atoms with Gasteiger partial charge in [0.1, 0.15) is 6.04 Å². The van der Waals surface area contributed by atoms with Crippen LogP contribution in [0.1, 0.15) is 32.1 Å². The first kappa shape index (κ1) is 16.5. The van der Waals surface area contributed by atoms with Crippen molar-refractivity contribution in [2.75, 3.05) is 0 Å². The number of carbonyl (C=O) groups excluding carboxylic acids is 2. The van der Waals surface area contributed by atoms with Crippen molar-refractivity contribution < 1.29 is 9.59 Å². The second-order valence-corrected chi connectivity index (χ2v) is 6.10. The quantitative estimate of drug-likeness (QED) is 0.718. The number of rotatable bonds is 7. The van der Waals surface area contributed by atoms with Crippen molar-refractivity contribution in [3.05, 3.63) is 22.4 Å². The minimum absolute atomic E-state index is 0.0161. The van der Waals surface area contributed by atoms with Crippen molar-refractivity contribution in [1.82, 2.24) is 10.6 Å². The number of carbonyl (C=O) groups is 2. The summed E-state index contributed by atoms with van der Waals surface area (Å²) >= 11 is 1.67. The molecule has 0 saturated carbocycles. The van der Waals surface area contributed by atoms with E-state index < -0.39 is 12.1 Å². The van der Waals surface area contributed by atoms with Gasteiger partial charge in [-0.2, -0.15) is 0 Å². The zero-order valence-electron chi connectivity index (χ0n) is 12.2. The van der Waals surface area contributed by atoms with Crippen molar-refractivity contribution in [2.45, 2.75) is 45.7 Å². The zero-order valence-corrected chi connectivity index (χ0v) is 13.0. The molecule has 0 aliphatic rings. The minimum Gasteiger partial charge on any atom is -0.352 e. The van der Waals surface area contributed by atoms with Gasteiger partial charge in [0.25, 0.3) is 0 Å². The number of hydrogen-bond acceptors (Lipinski definition) is 3. The summed E-state index contributed by atoms with van der Waals surface area (Å²) in [4.78, 5) is 24.5. The molecule has 3 amide bonds. The Morgan fingerprint density at radius 1 is 1.35 bits per heavy atom. The first-order chi connectivity index (χ1) is 9.43. The molecule has 3 atom stereocenters. The lowest BCUT2D eigenvalue weighted by Gasteiger charge is -2.24. The van der Waals surface area contributed by atoms with Crippen molar-refractivity contribution in [1.29, 1.82) is 0 Å². The van der Waals surface area contributed by atoms with E-state index in [1.165, 1.54) is 4.88 Å². The third-order valence-electron chi connectivity index (χ3n) is 3.27. The summed E-state index contributed by atoms with van der Waals surface area (Å²) in [5, 5.41) is 7.47. The molecule has 0 aliphatic carbocycles. The summed E-state index contributed by atoms with van der Waals surface area (Å²) in [6.45, 7) is 5.85. The number of amides is 3. The molecule has 1 rings (SSSR count). The van der Waals surface area contributed by atoms with Crippen molar-refractivity contribution in [2.24, 2.45) is 11.7 Å². The Kier molecular flexibility index (Phi) is 6.51. The first-order valence-electron chi connectivity index (χ1n) is 6.82. The second-order valence-electron chi connectivity index (χ2n) is 5.06. The molecule has 4 N–H and O–H groups in total. The highest BCUT2D eigenvalue weighted by molar-refractivity contribution is 7.09. The maximum atomic E-state index is 12.2. The minimum atomic E-state index is -0.670. The number of nitrogens with one attached hydrogen (secondary N) is 2. The fourth-order valence-corrected chi connectivity index (χ4v) is 2.80. The van der Waals surface area contributed by atoms with Gasteiger partial charge in [-0.25, -0.2) is 4.79 Å². The number of hydrogen-bond donors (Lipinski definition) is 3. The van der Waals surface area contributed by atoms with E-state index in [0.717, 1.165) is 12.8 Å². The van der Waals surface area contributed by atoms with Gasteiger partial charge in [0, 0.05) is 17.3 Å². The van der Waals surface area contributed by atoms with Gasteiger partial charge in [-0.15, -0.1) is 11.3 Å². The van der Waals surface area contributed by atoms with Gasteiger partial charge >= 0.3 is 6.03 Å². The first-order valence-corrected chi connectivity index (χ1v) is 7.70. The van der Waals surface area contributed by atoms with E-state index in [0.29, 0.717) is 0 Å². The fraction of sp³-hybridized carbons (Fsp3) is 0.571. The monoisotopic (exact) mass is 297 g/mol. The highest BCUT2D eigenvalue weighted by atomic mass is 32.1. The van der Waals surface area contributed by atoms with Crippen LogP contribution in [-0.4, -0.2) is 24.0 Å². The standard InChI is InChI=1S/C14H23N3O2S/c1-4-9(2)12(17-14(15)19)13(18)16-10(3)8-11-6-5-7-20-11/h5-7,9-10,12H,4,8H2,1-3H3,(H,16,18)(H3,15,17,19). The Labute approximate surface area is 123 Å². The van der Waals surface area contributed by atoms with Crippen LogP contribution in [0.2, 0.25) is 0 Å². The van der Waals surface area contributed by atoms with Crippen LogP contribution in [0, 0.1) is 5.92 Å². The van der Waals surface area contributed by atoms with Crippen LogP contribution < -0.4 is 16.4 Å². The number of thiophene rings is 1. The average molecular weight is 297 g/mol. The third-order valence-corrected chi connectivity index (χ3v) is 4.17. The van der Waals surface area contributed by atoms with E-state index in [1.54, 1.807) is 11.3 Å². The Bertz CT molecular complexity index is 434. The van der Waals surface area contributed by atoms with Crippen LogP contribution in [0.4, 0.5) is 4.79 Å². The summed E-state index contributed by atoms with van der Waals surface area (Å²) in [6.07, 6.45) is 1.57. The molecule has 3 unspecified atom stereocenters. The molecular weight excluding hydrogens is 274 g/mol. The van der Waals surface area contributed by atoms with E-state index in [1.807, 2.05) is 38.3 Å². The van der Waals surface area contributed by atoms with Crippen LogP contribution in [0.25, 0.3) is 0 Å². The van der Waals surface area contributed by atoms with E-state index in [-0.39, 0.29) is 17.9 Å². The summed E-state index contributed by atoms with van der Waals surface area (Å²) in [7, 11) is 0. The highest BCUT2D eigenvalue weighted by Gasteiger charge is 2.26. The predicted octanol–water partition coefficient (Wildman–Crippen LogP) is 1.88. The van der Waals surface area contributed by atoms with Crippen LogP contribution in [0.15, 0.2) is 17.5 Å². The molecular formula is C14H23N3O2S. The fourth-order valence-electron chi connectivity index (χ4n) is 1.97. The molecule has 0 saturated heterocycles. The van der Waals surface area contributed by atoms with Gasteiger partial charge in [-0.05, 0) is 24.3 Å². The van der Waals surface area contributed by atoms with Gasteiger partial charge in [0.2, 0.25) is 5.91 Å². The Morgan fingerprint density at radius 2 is 2.05 bits per heavy atom. The van der Waals surface area contributed by atoms with Crippen LogP contribution in [-0.2, 0) is 11.2 Å². The molecule has 20 heavy (non-hydrogen) atoms. The maximum absolute atomic E-state index is 12.2. The second kappa shape index (κ2) is 7.89. The van der Waals surface area contributed by atoms with Crippen molar-refractivity contribution >= 4 is 23.3 Å². The molecule has 0 radical (unpaired) electrons. The number of primary amides is 1. The van der Waals surface area contributed by atoms with Crippen molar-refractivity contribution in [3.63, 3.8) is 0 Å². The van der Waals surface area contributed by atoms with E-state index in [2.05, 4.69) is 10.6 Å². The lowest BCUT2D eigenvalue weighted by molar-refractivity contribution is -0.124. The summed E-state index contributed by atoms with van der Waals surface area (Å²) in [5.74, 6) is -0.140. The molecule has 0 aliphatic heterocycles. The third kappa shape index (κ3) is 5.21. The summed E-state index contributed by atoms with van der Waals surface area (Å²) < 4.78 is 0. The van der Waals surface area contributed by atoms with Crippen LogP contribution in [0.5, 0.6) is 0 Å². The Morgan fingerprint density at radius 3 is 2.55 bits per heavy atom. The number of urea groups is 1. The van der Waals surface area contributed by atoms with Gasteiger partial charge < -0.3 is 16.4 Å². The lowest BCUT2D eigenvalue weighted by atomic mass is 9.98. The van der Waals surface area contributed by atoms with E-state index >= 15 is 0 Å². The van der Waals surface area contributed by atoms with Crippen LogP contribution in [0.3, 0.4) is 0 Å². The van der Waals surface area contributed by atoms with Crippen molar-refractivity contribution in [3.8, 4) is 0 Å². The molecule has 1 heterocycles. The Hall–Kier alpha value is -1.56. The molecule has 112 valence electrons. The highest BCUT2D eigenvalue weighted by Crippen LogP contribution is 2.12. The maximum Gasteiger partial charge on any atom is 0.312 e. The van der Waals surface area contributed by atoms with Gasteiger partial charge in [-0.1, -0.05) is 26.3 Å².